The smallest absolute Gasteiger partial charge is 0.132 e. The molecule has 3 heteroatoms. The van der Waals surface area contributed by atoms with Crippen LogP contribution in [0.25, 0.3) is 0 Å². The normalized spacial score (nSPS) is 26.1. The highest BCUT2D eigenvalue weighted by Gasteiger charge is 2.29. The number of fused-ring (bicyclic) bond motifs is 1. The van der Waals surface area contributed by atoms with E-state index in [4.69, 9.17) is 9.97 Å². The molecule has 1 N–H and O–H groups in total. The summed E-state index contributed by atoms with van der Waals surface area (Å²) in [7, 11) is 0. The summed E-state index contributed by atoms with van der Waals surface area (Å²) in [5.74, 6) is 3.12. The minimum Gasteiger partial charge on any atom is -0.307 e. The Balaban J connectivity index is 1.92. The Morgan fingerprint density at radius 2 is 2.05 bits per heavy atom. The first kappa shape index (κ1) is 13.0. The summed E-state index contributed by atoms with van der Waals surface area (Å²) >= 11 is 0. The monoisotopic (exact) mass is 259 g/mol. The number of rotatable bonds is 3. The van der Waals surface area contributed by atoms with Crippen molar-refractivity contribution in [3.8, 4) is 0 Å². The summed E-state index contributed by atoms with van der Waals surface area (Å²) in [5, 5.41) is 3.42. The molecule has 0 saturated heterocycles. The molecule has 0 spiro atoms. The maximum atomic E-state index is 4.94. The van der Waals surface area contributed by atoms with E-state index >= 15 is 0 Å². The van der Waals surface area contributed by atoms with E-state index in [0.29, 0.717) is 11.8 Å². The SMILES string of the molecule is CCC1CCC(c2nc3c(c(C(C)C)n2)CNC3)C1. The van der Waals surface area contributed by atoms with Crippen LogP contribution in [0, 0.1) is 5.92 Å². The van der Waals surface area contributed by atoms with Crippen molar-refractivity contribution in [2.45, 2.75) is 71.4 Å². The topological polar surface area (TPSA) is 37.8 Å². The van der Waals surface area contributed by atoms with Gasteiger partial charge in [-0.2, -0.15) is 0 Å². The minimum atomic E-state index is 0.499. The molecule has 0 radical (unpaired) electrons. The molecular weight excluding hydrogens is 234 g/mol. The summed E-state index contributed by atoms with van der Waals surface area (Å²) in [6.07, 6.45) is 5.24. The van der Waals surface area contributed by atoms with E-state index in [1.807, 2.05) is 0 Å². The zero-order chi connectivity index (χ0) is 13.4. The average molecular weight is 259 g/mol. The molecule has 0 amide bonds. The Hall–Kier alpha value is -0.960. The lowest BCUT2D eigenvalue weighted by molar-refractivity contribution is 0.515. The van der Waals surface area contributed by atoms with Crippen molar-refractivity contribution in [2.75, 3.05) is 0 Å². The Labute approximate surface area is 116 Å². The van der Waals surface area contributed by atoms with E-state index in [1.165, 1.54) is 42.6 Å². The van der Waals surface area contributed by atoms with Crippen molar-refractivity contribution in [3.05, 3.63) is 22.8 Å². The van der Waals surface area contributed by atoms with Crippen molar-refractivity contribution in [2.24, 2.45) is 5.92 Å². The van der Waals surface area contributed by atoms with Crippen LogP contribution in [0.15, 0.2) is 0 Å². The van der Waals surface area contributed by atoms with Gasteiger partial charge >= 0.3 is 0 Å². The summed E-state index contributed by atoms with van der Waals surface area (Å²) in [6.45, 7) is 8.67. The van der Waals surface area contributed by atoms with E-state index < -0.39 is 0 Å². The lowest BCUT2D eigenvalue weighted by Crippen LogP contribution is -2.10. The van der Waals surface area contributed by atoms with Crippen LogP contribution in [-0.4, -0.2) is 9.97 Å². The highest BCUT2D eigenvalue weighted by Crippen LogP contribution is 2.39. The maximum Gasteiger partial charge on any atom is 0.132 e. The molecule has 3 nitrogen and oxygen atoms in total. The molecule has 0 bridgehead atoms. The molecular formula is C16H25N3. The van der Waals surface area contributed by atoms with Crippen LogP contribution in [0.4, 0.5) is 0 Å². The molecule has 2 aliphatic rings. The fraction of sp³-hybridized carbons (Fsp3) is 0.750. The average Bonchev–Trinajstić information content (AvgIpc) is 3.05. The van der Waals surface area contributed by atoms with E-state index in [1.54, 1.807) is 0 Å². The first-order chi connectivity index (χ1) is 9.19. The largest absolute Gasteiger partial charge is 0.307 e. The molecule has 2 atom stereocenters. The predicted molar refractivity (Wildman–Crippen MR) is 77.0 cm³/mol. The van der Waals surface area contributed by atoms with Crippen LogP contribution in [-0.2, 0) is 13.1 Å². The van der Waals surface area contributed by atoms with Gasteiger partial charge in [0.25, 0.3) is 0 Å². The summed E-state index contributed by atoms with van der Waals surface area (Å²) in [4.78, 5) is 9.82. The Kier molecular flexibility index (Phi) is 3.57. The van der Waals surface area contributed by atoms with Crippen LogP contribution in [0.2, 0.25) is 0 Å². The third-order valence-corrected chi connectivity index (χ3v) is 4.77. The molecule has 2 heterocycles. The highest BCUT2D eigenvalue weighted by molar-refractivity contribution is 5.32. The second-order valence-electron chi connectivity index (χ2n) is 6.43. The van der Waals surface area contributed by atoms with Gasteiger partial charge in [0.15, 0.2) is 0 Å². The fourth-order valence-corrected chi connectivity index (χ4v) is 3.55. The lowest BCUT2D eigenvalue weighted by atomic mass is 10.00. The van der Waals surface area contributed by atoms with E-state index in [0.717, 1.165) is 24.8 Å². The van der Waals surface area contributed by atoms with Gasteiger partial charge in [-0.3, -0.25) is 0 Å². The van der Waals surface area contributed by atoms with Gasteiger partial charge in [0.1, 0.15) is 5.82 Å². The van der Waals surface area contributed by atoms with E-state index in [2.05, 4.69) is 26.1 Å². The van der Waals surface area contributed by atoms with Gasteiger partial charge in [0.2, 0.25) is 0 Å². The van der Waals surface area contributed by atoms with Gasteiger partial charge in [-0.25, -0.2) is 9.97 Å². The number of hydrogen-bond acceptors (Lipinski definition) is 3. The zero-order valence-electron chi connectivity index (χ0n) is 12.4. The lowest BCUT2D eigenvalue weighted by Gasteiger charge is -2.15. The van der Waals surface area contributed by atoms with Crippen LogP contribution >= 0.6 is 0 Å². The Morgan fingerprint density at radius 3 is 2.74 bits per heavy atom. The van der Waals surface area contributed by atoms with Gasteiger partial charge in [-0.1, -0.05) is 27.2 Å². The Morgan fingerprint density at radius 1 is 1.21 bits per heavy atom. The van der Waals surface area contributed by atoms with Crippen molar-refractivity contribution >= 4 is 0 Å². The van der Waals surface area contributed by atoms with E-state index in [9.17, 15) is 0 Å². The molecule has 3 rings (SSSR count). The fourth-order valence-electron chi connectivity index (χ4n) is 3.55. The highest BCUT2D eigenvalue weighted by atomic mass is 15.0. The quantitative estimate of drug-likeness (QED) is 0.903. The van der Waals surface area contributed by atoms with Gasteiger partial charge in [-0.05, 0) is 31.1 Å². The molecule has 1 aromatic heterocycles. The minimum absolute atomic E-state index is 0.499. The summed E-state index contributed by atoms with van der Waals surface area (Å²) in [6, 6.07) is 0. The second kappa shape index (κ2) is 5.20. The number of hydrogen-bond donors (Lipinski definition) is 1. The van der Waals surface area contributed by atoms with Crippen LogP contribution in [0.3, 0.4) is 0 Å². The van der Waals surface area contributed by atoms with Gasteiger partial charge in [-0.15, -0.1) is 0 Å². The molecule has 1 aliphatic heterocycles. The number of nitrogens with one attached hydrogen (secondary N) is 1. The van der Waals surface area contributed by atoms with Crippen molar-refractivity contribution in [1.29, 1.82) is 0 Å². The predicted octanol–water partition coefficient (Wildman–Crippen LogP) is 3.50. The second-order valence-corrected chi connectivity index (χ2v) is 6.43. The molecule has 1 aromatic rings. The van der Waals surface area contributed by atoms with Gasteiger partial charge in [0.05, 0.1) is 11.4 Å². The van der Waals surface area contributed by atoms with Crippen LogP contribution in [0.1, 0.15) is 81.1 Å². The third kappa shape index (κ3) is 2.40. The molecule has 104 valence electrons. The van der Waals surface area contributed by atoms with Crippen molar-refractivity contribution in [3.63, 3.8) is 0 Å². The first-order valence-corrected chi connectivity index (χ1v) is 7.79. The standard InChI is InChI=1S/C16H25N3/c1-4-11-5-6-12(7-11)16-18-14-9-17-8-13(14)15(19-16)10(2)3/h10-12,17H,4-9H2,1-3H3. The third-order valence-electron chi connectivity index (χ3n) is 4.77. The molecule has 1 fully saturated rings. The molecule has 1 saturated carbocycles. The molecule has 1 aliphatic carbocycles. The van der Waals surface area contributed by atoms with Gasteiger partial charge < -0.3 is 5.32 Å². The summed E-state index contributed by atoms with van der Waals surface area (Å²) in [5.41, 5.74) is 3.90. The van der Waals surface area contributed by atoms with E-state index in [-0.39, 0.29) is 0 Å². The summed E-state index contributed by atoms with van der Waals surface area (Å²) < 4.78 is 0. The molecule has 2 unspecified atom stereocenters. The number of aromatic nitrogens is 2. The van der Waals surface area contributed by atoms with Crippen molar-refractivity contribution < 1.29 is 0 Å². The zero-order valence-corrected chi connectivity index (χ0v) is 12.4. The van der Waals surface area contributed by atoms with Crippen LogP contribution in [0.5, 0.6) is 0 Å². The Bertz CT molecular complexity index is 467. The first-order valence-electron chi connectivity index (χ1n) is 7.79. The van der Waals surface area contributed by atoms with Crippen molar-refractivity contribution in [1.82, 2.24) is 15.3 Å². The molecule has 19 heavy (non-hydrogen) atoms. The molecule has 0 aromatic carbocycles. The number of nitrogens with zero attached hydrogens (tertiary/aromatic N) is 2. The maximum absolute atomic E-state index is 4.94. The van der Waals surface area contributed by atoms with Crippen LogP contribution < -0.4 is 5.32 Å². The van der Waals surface area contributed by atoms with Gasteiger partial charge in [0, 0.05) is 24.6 Å².